The zero-order valence-electron chi connectivity index (χ0n) is 11.8. The topological polar surface area (TPSA) is 92.6 Å². The Hall–Kier alpha value is -1.80. The van der Waals surface area contributed by atoms with Gasteiger partial charge in [0.05, 0.1) is 11.0 Å². The van der Waals surface area contributed by atoms with Crippen LogP contribution in [0.5, 0.6) is 0 Å². The van der Waals surface area contributed by atoms with Crippen molar-refractivity contribution in [2.45, 2.75) is 19.1 Å². The summed E-state index contributed by atoms with van der Waals surface area (Å²) in [4.78, 5) is 24.1. The molecule has 1 aromatic carbocycles. The van der Waals surface area contributed by atoms with E-state index in [4.69, 9.17) is 0 Å². The summed E-state index contributed by atoms with van der Waals surface area (Å²) in [5.41, 5.74) is 0.643. The van der Waals surface area contributed by atoms with Crippen LogP contribution in [-0.4, -0.2) is 44.5 Å². The number of nitrogens with zero attached hydrogens (tertiary/aromatic N) is 2. The molecule has 1 N–H and O–H groups in total. The van der Waals surface area contributed by atoms with Crippen LogP contribution in [-0.2, 0) is 15.6 Å². The average molecular weight is 311 g/mol. The minimum Gasteiger partial charge on any atom is -0.321 e. The summed E-state index contributed by atoms with van der Waals surface area (Å²) in [5, 5.41) is 14.0. The van der Waals surface area contributed by atoms with Crippen LogP contribution in [0.2, 0.25) is 0 Å². The van der Waals surface area contributed by atoms with E-state index >= 15 is 0 Å². The van der Waals surface area contributed by atoms with Crippen molar-refractivity contribution < 1.29 is 13.9 Å². The van der Waals surface area contributed by atoms with Gasteiger partial charge in [0.15, 0.2) is 0 Å². The molecule has 0 aliphatic carbocycles. The van der Waals surface area contributed by atoms with Gasteiger partial charge in [-0.15, -0.1) is 0 Å². The van der Waals surface area contributed by atoms with Gasteiger partial charge in [-0.1, -0.05) is 12.1 Å². The number of hydrogen-bond donors (Lipinski definition) is 1. The Kier molecular flexibility index (Phi) is 4.69. The number of rotatable bonds is 5. The predicted octanol–water partition coefficient (Wildman–Crippen LogP) is 0.792. The Morgan fingerprint density at radius 3 is 2.81 bits per heavy atom. The SMILES string of the molecule is CC1NC(c2cccc([N+](=O)[O-])c2)N(CCS(C)=O)C1=O. The molecule has 7 nitrogen and oxygen atoms in total. The molecule has 1 aliphatic rings. The fourth-order valence-electron chi connectivity index (χ4n) is 2.32. The number of carbonyl (C=O) groups excluding carboxylic acids is 1. The van der Waals surface area contributed by atoms with Crippen molar-refractivity contribution in [2.75, 3.05) is 18.6 Å². The molecule has 3 unspecified atom stereocenters. The van der Waals surface area contributed by atoms with Crippen LogP contribution in [0.15, 0.2) is 24.3 Å². The third-order valence-electron chi connectivity index (χ3n) is 3.39. The lowest BCUT2D eigenvalue weighted by molar-refractivity contribution is -0.385. The van der Waals surface area contributed by atoms with Crippen LogP contribution >= 0.6 is 0 Å². The Bertz CT molecular complexity index is 593. The molecule has 1 aromatic rings. The minimum atomic E-state index is -1.00. The maximum absolute atomic E-state index is 12.2. The lowest BCUT2D eigenvalue weighted by Gasteiger charge is -2.24. The first-order valence-electron chi connectivity index (χ1n) is 6.51. The minimum absolute atomic E-state index is 0.0136. The molecule has 8 heteroatoms. The molecule has 0 radical (unpaired) electrons. The maximum Gasteiger partial charge on any atom is 0.269 e. The van der Waals surface area contributed by atoms with Crippen LogP contribution in [0.1, 0.15) is 18.7 Å². The number of non-ortho nitro benzene ring substituents is 1. The molecule has 1 heterocycles. The average Bonchev–Trinajstić information content (AvgIpc) is 2.72. The molecule has 3 atom stereocenters. The number of nitro benzene ring substituents is 1. The largest absolute Gasteiger partial charge is 0.321 e. The second kappa shape index (κ2) is 6.31. The van der Waals surface area contributed by atoms with E-state index in [1.165, 1.54) is 12.1 Å². The van der Waals surface area contributed by atoms with E-state index in [9.17, 15) is 19.1 Å². The highest BCUT2D eigenvalue weighted by atomic mass is 32.2. The Labute approximate surface area is 124 Å². The van der Waals surface area contributed by atoms with Crippen molar-refractivity contribution in [1.82, 2.24) is 10.2 Å². The Balaban J connectivity index is 2.27. The highest BCUT2D eigenvalue weighted by Gasteiger charge is 2.37. The van der Waals surface area contributed by atoms with Gasteiger partial charge in [0, 0.05) is 41.5 Å². The monoisotopic (exact) mass is 311 g/mol. The summed E-state index contributed by atoms with van der Waals surface area (Å²) in [5.74, 6) is 0.294. The van der Waals surface area contributed by atoms with Gasteiger partial charge in [0.1, 0.15) is 6.17 Å². The van der Waals surface area contributed by atoms with Crippen molar-refractivity contribution in [3.8, 4) is 0 Å². The van der Waals surface area contributed by atoms with Gasteiger partial charge in [-0.25, -0.2) is 0 Å². The summed E-state index contributed by atoms with van der Waals surface area (Å²) in [7, 11) is -1.00. The fourth-order valence-corrected chi connectivity index (χ4v) is 2.78. The standard InChI is InChI=1S/C13H17N3O4S/c1-9-13(17)15(6-7-21(2)20)12(14-9)10-4-3-5-11(8-10)16(18)19/h3-5,8-9,12,14H,6-7H2,1-2H3. The second-order valence-corrected chi connectivity index (χ2v) is 6.51. The molecule has 0 spiro atoms. The molecule has 1 aliphatic heterocycles. The molecular formula is C13H17N3O4S. The number of benzene rings is 1. The van der Waals surface area contributed by atoms with Crippen molar-refractivity contribution >= 4 is 22.4 Å². The van der Waals surface area contributed by atoms with Crippen molar-refractivity contribution in [3.05, 3.63) is 39.9 Å². The maximum atomic E-state index is 12.2. The highest BCUT2D eigenvalue weighted by Crippen LogP contribution is 2.27. The van der Waals surface area contributed by atoms with Crippen molar-refractivity contribution in [2.24, 2.45) is 0 Å². The smallest absolute Gasteiger partial charge is 0.269 e. The van der Waals surface area contributed by atoms with E-state index in [0.29, 0.717) is 17.9 Å². The molecule has 2 rings (SSSR count). The summed E-state index contributed by atoms with van der Waals surface area (Å²) >= 11 is 0. The van der Waals surface area contributed by atoms with Crippen LogP contribution < -0.4 is 5.32 Å². The normalized spacial score (nSPS) is 23.3. The molecule has 21 heavy (non-hydrogen) atoms. The number of hydrogen-bond acceptors (Lipinski definition) is 5. The summed E-state index contributed by atoms with van der Waals surface area (Å²) < 4.78 is 11.2. The van der Waals surface area contributed by atoms with E-state index in [-0.39, 0.29) is 17.6 Å². The lowest BCUT2D eigenvalue weighted by Crippen LogP contribution is -2.33. The van der Waals surface area contributed by atoms with E-state index in [2.05, 4.69) is 5.32 Å². The molecule has 0 aromatic heterocycles. The van der Waals surface area contributed by atoms with Gasteiger partial charge in [-0.05, 0) is 12.5 Å². The molecule has 1 amide bonds. The van der Waals surface area contributed by atoms with E-state index in [0.717, 1.165) is 0 Å². The lowest BCUT2D eigenvalue weighted by atomic mass is 10.1. The first-order chi connectivity index (χ1) is 9.90. The van der Waals surface area contributed by atoms with Gasteiger partial charge in [-0.3, -0.25) is 24.4 Å². The summed E-state index contributed by atoms with van der Waals surface area (Å²) in [6.07, 6.45) is 1.16. The van der Waals surface area contributed by atoms with E-state index < -0.39 is 21.9 Å². The molecule has 114 valence electrons. The number of amides is 1. The van der Waals surface area contributed by atoms with Crippen LogP contribution in [0.4, 0.5) is 5.69 Å². The summed E-state index contributed by atoms with van der Waals surface area (Å²) in [6.45, 7) is 2.10. The molecule has 1 fully saturated rings. The van der Waals surface area contributed by atoms with Gasteiger partial charge < -0.3 is 4.90 Å². The Morgan fingerprint density at radius 1 is 1.48 bits per heavy atom. The third-order valence-corrected chi connectivity index (χ3v) is 4.15. The molecule has 0 bridgehead atoms. The molecule has 0 saturated carbocycles. The zero-order valence-corrected chi connectivity index (χ0v) is 12.6. The highest BCUT2D eigenvalue weighted by molar-refractivity contribution is 7.84. The quantitative estimate of drug-likeness (QED) is 0.641. The first kappa shape index (κ1) is 15.6. The van der Waals surface area contributed by atoms with Gasteiger partial charge in [-0.2, -0.15) is 0 Å². The Morgan fingerprint density at radius 2 is 2.19 bits per heavy atom. The van der Waals surface area contributed by atoms with Crippen LogP contribution in [0.25, 0.3) is 0 Å². The van der Waals surface area contributed by atoms with Gasteiger partial charge >= 0.3 is 0 Å². The molecular weight excluding hydrogens is 294 g/mol. The van der Waals surface area contributed by atoms with Crippen LogP contribution in [0.3, 0.4) is 0 Å². The number of nitrogens with one attached hydrogen (secondary N) is 1. The second-order valence-electron chi connectivity index (χ2n) is 4.95. The van der Waals surface area contributed by atoms with E-state index in [1.807, 2.05) is 0 Å². The van der Waals surface area contributed by atoms with Crippen molar-refractivity contribution in [1.29, 1.82) is 0 Å². The third kappa shape index (κ3) is 3.45. The molecule has 1 saturated heterocycles. The summed E-state index contributed by atoms with van der Waals surface area (Å²) in [6, 6.07) is 5.85. The fraction of sp³-hybridized carbons (Fsp3) is 0.462. The van der Waals surface area contributed by atoms with Crippen molar-refractivity contribution in [3.63, 3.8) is 0 Å². The first-order valence-corrected chi connectivity index (χ1v) is 8.24. The number of carbonyl (C=O) groups is 1. The number of nitro groups is 1. The zero-order chi connectivity index (χ0) is 15.6. The van der Waals surface area contributed by atoms with Gasteiger partial charge in [0.25, 0.3) is 5.69 Å². The van der Waals surface area contributed by atoms with Gasteiger partial charge in [0.2, 0.25) is 5.91 Å². The van der Waals surface area contributed by atoms with Crippen LogP contribution in [0, 0.1) is 10.1 Å². The predicted molar refractivity (Wildman–Crippen MR) is 79.1 cm³/mol. The van der Waals surface area contributed by atoms with E-state index in [1.54, 1.807) is 30.2 Å².